The predicted molar refractivity (Wildman–Crippen MR) is 124 cm³/mol. The molecular weight excluding hydrogens is 486 g/mol. The highest BCUT2D eigenvalue weighted by Crippen LogP contribution is 2.39. The average molecular weight is 515 g/mol. The smallest absolute Gasteiger partial charge is 0.233 e. The number of thiazole rings is 1. The molecule has 1 amide bonds. The van der Waals surface area contributed by atoms with Crippen molar-refractivity contribution in [2.24, 2.45) is 5.92 Å². The van der Waals surface area contributed by atoms with Crippen molar-refractivity contribution in [2.45, 2.75) is 66.4 Å². The van der Waals surface area contributed by atoms with Crippen molar-refractivity contribution in [1.29, 1.82) is 0 Å². The topological polar surface area (TPSA) is 117 Å². The highest BCUT2D eigenvalue weighted by Gasteiger charge is 2.39. The van der Waals surface area contributed by atoms with Crippen LogP contribution < -0.4 is 5.32 Å². The van der Waals surface area contributed by atoms with E-state index in [1.807, 2.05) is 0 Å². The van der Waals surface area contributed by atoms with E-state index in [1.165, 1.54) is 12.1 Å². The van der Waals surface area contributed by atoms with Gasteiger partial charge in [0.25, 0.3) is 0 Å². The Hall–Kier alpha value is -1.95. The van der Waals surface area contributed by atoms with Gasteiger partial charge in [-0.1, -0.05) is 12.1 Å². The molecule has 34 heavy (non-hydrogen) atoms. The SMILES string of the molecule is O=C(Nc1nc(C(CO)CO)cs1)[C@H](C[C@H]1C[C@@H](F)[C@@H](F)C1)c1ccc(S(=O)(=O)C2CC2)cc1. The largest absolute Gasteiger partial charge is 0.396 e. The number of carbonyl (C=O) groups is 1. The summed E-state index contributed by atoms with van der Waals surface area (Å²) in [5.74, 6) is -2.05. The number of hydrogen-bond donors (Lipinski definition) is 3. The number of rotatable bonds is 10. The van der Waals surface area contributed by atoms with Crippen molar-refractivity contribution >= 4 is 32.2 Å². The minimum absolute atomic E-state index is 0.0369. The van der Waals surface area contributed by atoms with Crippen LogP contribution in [0.2, 0.25) is 0 Å². The molecule has 0 unspecified atom stereocenters. The summed E-state index contributed by atoms with van der Waals surface area (Å²) in [7, 11) is -3.37. The van der Waals surface area contributed by atoms with Crippen LogP contribution in [0, 0.1) is 5.92 Å². The molecule has 0 bridgehead atoms. The lowest BCUT2D eigenvalue weighted by atomic mass is 9.87. The number of anilines is 1. The molecule has 7 nitrogen and oxygen atoms in total. The zero-order valence-electron chi connectivity index (χ0n) is 18.4. The second kappa shape index (κ2) is 10.3. The van der Waals surface area contributed by atoms with E-state index in [9.17, 15) is 32.2 Å². The van der Waals surface area contributed by atoms with Gasteiger partial charge in [-0.3, -0.25) is 4.79 Å². The first-order valence-electron chi connectivity index (χ1n) is 11.3. The average Bonchev–Trinajstić information content (AvgIpc) is 3.51. The second-order valence-corrected chi connectivity index (χ2v) is 12.2. The van der Waals surface area contributed by atoms with E-state index in [2.05, 4.69) is 10.3 Å². The number of aliphatic hydroxyl groups is 2. The molecule has 2 aliphatic rings. The minimum Gasteiger partial charge on any atom is -0.396 e. The quantitative estimate of drug-likeness (QED) is 0.448. The van der Waals surface area contributed by atoms with Crippen LogP contribution >= 0.6 is 11.3 Å². The number of nitrogens with zero attached hydrogens (tertiary/aromatic N) is 1. The summed E-state index contributed by atoms with van der Waals surface area (Å²) in [6.45, 7) is -0.578. The highest BCUT2D eigenvalue weighted by molar-refractivity contribution is 7.92. The number of benzene rings is 1. The normalized spacial score (nSPS) is 23.9. The Morgan fingerprint density at radius 2 is 1.74 bits per heavy atom. The second-order valence-electron chi connectivity index (χ2n) is 9.10. The number of aromatic nitrogens is 1. The molecule has 4 rings (SSSR count). The lowest BCUT2D eigenvalue weighted by Gasteiger charge is -2.20. The molecular formula is C23H28F2N2O5S2. The fraction of sp³-hybridized carbons (Fsp3) is 0.565. The number of hydrogen-bond acceptors (Lipinski definition) is 7. The van der Waals surface area contributed by atoms with Gasteiger partial charge in [-0.2, -0.15) is 0 Å². The molecule has 0 spiro atoms. The Morgan fingerprint density at radius 3 is 2.29 bits per heavy atom. The summed E-state index contributed by atoms with van der Waals surface area (Å²) >= 11 is 1.14. The molecule has 1 heterocycles. The Balaban J connectivity index is 1.54. The van der Waals surface area contributed by atoms with E-state index in [0.29, 0.717) is 24.1 Å². The monoisotopic (exact) mass is 514 g/mol. The zero-order valence-corrected chi connectivity index (χ0v) is 20.1. The standard InChI is InChI=1S/C23H28F2N2O5S2/c24-19-8-13(9-20(19)25)7-18(14-1-3-16(4-2-14)34(31,32)17-5-6-17)22(30)27-23-26-21(12-33-23)15(10-28)11-29/h1-4,12-13,15,17-20,28-29H,5-11H2,(H,26,27,30)/t13-,18-,19+,20-/m1/s1. The molecule has 186 valence electrons. The maximum absolute atomic E-state index is 13.8. The van der Waals surface area contributed by atoms with Crippen molar-refractivity contribution in [3.63, 3.8) is 0 Å². The van der Waals surface area contributed by atoms with Crippen LogP contribution in [0.4, 0.5) is 13.9 Å². The number of alkyl halides is 2. The van der Waals surface area contributed by atoms with Crippen LogP contribution in [0.1, 0.15) is 55.2 Å². The lowest BCUT2D eigenvalue weighted by Crippen LogP contribution is -2.23. The van der Waals surface area contributed by atoms with Crippen LogP contribution in [-0.2, 0) is 14.6 Å². The summed E-state index contributed by atoms with van der Waals surface area (Å²) in [4.78, 5) is 17.7. The number of sulfone groups is 1. The maximum Gasteiger partial charge on any atom is 0.233 e. The highest BCUT2D eigenvalue weighted by atomic mass is 32.2. The van der Waals surface area contributed by atoms with Gasteiger partial charge in [-0.05, 0) is 55.7 Å². The molecule has 2 aliphatic carbocycles. The Morgan fingerprint density at radius 1 is 1.12 bits per heavy atom. The van der Waals surface area contributed by atoms with E-state index in [4.69, 9.17) is 0 Å². The Labute approximate surface area is 201 Å². The number of halogens is 2. The van der Waals surface area contributed by atoms with Gasteiger partial charge in [-0.15, -0.1) is 11.3 Å². The number of carbonyl (C=O) groups excluding carboxylic acids is 1. The van der Waals surface area contributed by atoms with Gasteiger partial charge in [0.05, 0.1) is 35.0 Å². The van der Waals surface area contributed by atoms with Crippen molar-refractivity contribution < 1.29 is 32.2 Å². The summed E-state index contributed by atoms with van der Waals surface area (Å²) in [5, 5.41) is 23.0. The predicted octanol–water partition coefficient (Wildman–Crippen LogP) is 3.35. The van der Waals surface area contributed by atoms with Gasteiger partial charge in [0.2, 0.25) is 5.91 Å². The van der Waals surface area contributed by atoms with Gasteiger partial charge >= 0.3 is 0 Å². The molecule has 0 radical (unpaired) electrons. The van der Waals surface area contributed by atoms with Gasteiger partial charge in [0.1, 0.15) is 12.3 Å². The van der Waals surface area contributed by atoms with E-state index in [0.717, 1.165) is 11.3 Å². The third kappa shape index (κ3) is 5.48. The number of nitrogens with one attached hydrogen (secondary N) is 1. The van der Waals surface area contributed by atoms with Crippen molar-refractivity contribution in [2.75, 3.05) is 18.5 Å². The third-order valence-electron chi connectivity index (χ3n) is 6.58. The van der Waals surface area contributed by atoms with E-state index >= 15 is 0 Å². The van der Waals surface area contributed by atoms with Crippen molar-refractivity contribution in [3.05, 3.63) is 40.9 Å². The summed E-state index contributed by atoms with van der Waals surface area (Å²) in [6.07, 6.45) is -1.51. The van der Waals surface area contributed by atoms with Gasteiger partial charge in [0, 0.05) is 11.3 Å². The Bertz CT molecular complexity index is 1090. The van der Waals surface area contributed by atoms with Crippen LogP contribution in [0.25, 0.3) is 0 Å². The van der Waals surface area contributed by atoms with E-state index in [-0.39, 0.29) is 53.7 Å². The summed E-state index contributed by atoms with van der Waals surface area (Å²) in [6, 6.07) is 6.16. The molecule has 0 aliphatic heterocycles. The number of aliphatic hydroxyl groups excluding tert-OH is 2. The molecule has 4 atom stereocenters. The van der Waals surface area contributed by atoms with Crippen molar-refractivity contribution in [1.82, 2.24) is 4.98 Å². The lowest BCUT2D eigenvalue weighted by molar-refractivity contribution is -0.118. The van der Waals surface area contributed by atoms with Gasteiger partial charge < -0.3 is 15.5 Å². The van der Waals surface area contributed by atoms with Crippen LogP contribution in [0.3, 0.4) is 0 Å². The first kappa shape index (κ1) is 25.2. The molecule has 2 aromatic rings. The fourth-order valence-corrected chi connectivity index (χ4v) is 6.83. The maximum atomic E-state index is 13.8. The first-order chi connectivity index (χ1) is 16.2. The zero-order chi connectivity index (χ0) is 24.5. The molecule has 2 saturated carbocycles. The Kier molecular flexibility index (Phi) is 7.66. The molecule has 1 aromatic carbocycles. The molecule has 11 heteroatoms. The number of amides is 1. The molecule has 1 aromatic heterocycles. The third-order valence-corrected chi connectivity index (χ3v) is 9.63. The van der Waals surface area contributed by atoms with Gasteiger partial charge in [-0.25, -0.2) is 22.2 Å². The fourth-order valence-electron chi connectivity index (χ4n) is 4.38. The van der Waals surface area contributed by atoms with Crippen LogP contribution in [0.15, 0.2) is 34.5 Å². The van der Waals surface area contributed by atoms with E-state index in [1.54, 1.807) is 17.5 Å². The molecule has 0 saturated heterocycles. The molecule has 3 N–H and O–H groups in total. The first-order valence-corrected chi connectivity index (χ1v) is 13.8. The minimum atomic E-state index is -3.37. The van der Waals surface area contributed by atoms with Crippen molar-refractivity contribution in [3.8, 4) is 0 Å². The van der Waals surface area contributed by atoms with Crippen LogP contribution in [-0.4, -0.2) is 60.3 Å². The molecule has 2 fully saturated rings. The summed E-state index contributed by atoms with van der Waals surface area (Å²) in [5.41, 5.74) is 1.01. The van der Waals surface area contributed by atoms with Gasteiger partial charge in [0.15, 0.2) is 15.0 Å². The van der Waals surface area contributed by atoms with Crippen LogP contribution in [0.5, 0.6) is 0 Å². The van der Waals surface area contributed by atoms with E-state index < -0.39 is 39.9 Å². The summed E-state index contributed by atoms with van der Waals surface area (Å²) < 4.78 is 52.6.